The first kappa shape index (κ1) is 9.39. The SMILES string of the molecule is Nc1n[c]cc(OCc2ccccn2)n1. The van der Waals surface area contributed by atoms with Crippen molar-refractivity contribution in [3.8, 4) is 5.88 Å². The first-order chi connectivity index (χ1) is 7.34. The number of hydrogen-bond donors (Lipinski definition) is 1. The molecule has 0 aromatic carbocycles. The molecule has 2 heterocycles. The first-order valence-corrected chi connectivity index (χ1v) is 4.38. The lowest BCUT2D eigenvalue weighted by Crippen LogP contribution is -2.01. The van der Waals surface area contributed by atoms with Gasteiger partial charge in [0.2, 0.25) is 11.8 Å². The highest BCUT2D eigenvalue weighted by Gasteiger charge is 1.98. The molecule has 0 saturated carbocycles. The van der Waals surface area contributed by atoms with Crippen LogP contribution in [0, 0.1) is 6.20 Å². The topological polar surface area (TPSA) is 73.9 Å². The standard InChI is InChI=1S/C10H9N4O/c11-10-13-6-4-9(14-10)15-7-8-3-1-2-5-12-8/h1-5H,7H2,(H2,11,13,14). The van der Waals surface area contributed by atoms with Gasteiger partial charge in [0.1, 0.15) is 6.61 Å². The van der Waals surface area contributed by atoms with Crippen LogP contribution in [-0.4, -0.2) is 15.0 Å². The quantitative estimate of drug-likeness (QED) is 0.796. The Morgan fingerprint density at radius 1 is 1.40 bits per heavy atom. The van der Waals surface area contributed by atoms with Crippen LogP contribution in [0.1, 0.15) is 5.69 Å². The number of nitrogens with zero attached hydrogens (tertiary/aromatic N) is 3. The van der Waals surface area contributed by atoms with Gasteiger partial charge >= 0.3 is 0 Å². The molecule has 0 saturated heterocycles. The average Bonchev–Trinajstić information content (AvgIpc) is 2.28. The maximum Gasteiger partial charge on any atom is 0.223 e. The molecule has 0 spiro atoms. The molecule has 2 aromatic rings. The van der Waals surface area contributed by atoms with Gasteiger partial charge in [-0.05, 0) is 12.1 Å². The van der Waals surface area contributed by atoms with E-state index in [-0.39, 0.29) is 5.95 Å². The van der Waals surface area contributed by atoms with E-state index in [1.54, 1.807) is 6.20 Å². The van der Waals surface area contributed by atoms with E-state index >= 15 is 0 Å². The van der Waals surface area contributed by atoms with E-state index in [4.69, 9.17) is 10.5 Å². The molecule has 0 unspecified atom stereocenters. The molecular weight excluding hydrogens is 192 g/mol. The lowest BCUT2D eigenvalue weighted by atomic mass is 10.4. The predicted molar refractivity (Wildman–Crippen MR) is 53.8 cm³/mol. The Kier molecular flexibility index (Phi) is 2.73. The highest BCUT2D eigenvalue weighted by Crippen LogP contribution is 2.07. The highest BCUT2D eigenvalue weighted by atomic mass is 16.5. The molecule has 5 nitrogen and oxygen atoms in total. The summed E-state index contributed by atoms with van der Waals surface area (Å²) < 4.78 is 5.35. The largest absolute Gasteiger partial charge is 0.471 e. The molecule has 1 radical (unpaired) electrons. The maximum absolute atomic E-state index is 5.38. The second-order valence-corrected chi connectivity index (χ2v) is 2.80. The zero-order chi connectivity index (χ0) is 10.5. The minimum absolute atomic E-state index is 0.147. The van der Waals surface area contributed by atoms with E-state index in [9.17, 15) is 0 Å². The summed E-state index contributed by atoms with van der Waals surface area (Å²) in [4.78, 5) is 11.6. The highest BCUT2D eigenvalue weighted by molar-refractivity contribution is 5.20. The van der Waals surface area contributed by atoms with Crippen molar-refractivity contribution in [3.63, 3.8) is 0 Å². The van der Waals surface area contributed by atoms with Crippen molar-refractivity contribution in [3.05, 3.63) is 42.4 Å². The summed E-state index contributed by atoms with van der Waals surface area (Å²) >= 11 is 0. The molecule has 0 amide bonds. The summed E-state index contributed by atoms with van der Waals surface area (Å²) in [6.45, 7) is 0.352. The monoisotopic (exact) mass is 201 g/mol. The van der Waals surface area contributed by atoms with Crippen molar-refractivity contribution in [2.24, 2.45) is 0 Å². The fraction of sp³-hybridized carbons (Fsp3) is 0.100. The molecule has 5 heteroatoms. The van der Waals surface area contributed by atoms with E-state index in [1.807, 2.05) is 18.2 Å². The molecule has 0 aliphatic heterocycles. The van der Waals surface area contributed by atoms with Crippen LogP contribution in [0.5, 0.6) is 5.88 Å². The number of anilines is 1. The second-order valence-electron chi connectivity index (χ2n) is 2.80. The summed E-state index contributed by atoms with van der Waals surface area (Å²) in [5.41, 5.74) is 6.21. The minimum atomic E-state index is 0.147. The summed E-state index contributed by atoms with van der Waals surface area (Å²) in [7, 11) is 0. The van der Waals surface area contributed by atoms with Crippen molar-refractivity contribution in [2.45, 2.75) is 6.61 Å². The molecule has 75 valence electrons. The Labute approximate surface area is 87.0 Å². The van der Waals surface area contributed by atoms with Gasteiger partial charge in [0.25, 0.3) is 0 Å². The summed E-state index contributed by atoms with van der Waals surface area (Å²) in [5.74, 6) is 0.543. The number of rotatable bonds is 3. The molecule has 0 fully saturated rings. The predicted octanol–water partition coefficient (Wildman–Crippen LogP) is 0.833. The Morgan fingerprint density at radius 3 is 3.07 bits per heavy atom. The number of nitrogen functional groups attached to an aromatic ring is 1. The van der Waals surface area contributed by atoms with E-state index < -0.39 is 0 Å². The number of ether oxygens (including phenoxy) is 1. The molecule has 15 heavy (non-hydrogen) atoms. The fourth-order valence-electron chi connectivity index (χ4n) is 1.03. The van der Waals surface area contributed by atoms with E-state index in [0.717, 1.165) is 5.69 Å². The summed E-state index contributed by atoms with van der Waals surface area (Å²) in [6.07, 6.45) is 4.29. The molecule has 0 aliphatic carbocycles. The van der Waals surface area contributed by atoms with Gasteiger partial charge in [-0.25, -0.2) is 4.98 Å². The van der Waals surface area contributed by atoms with Crippen LogP contribution in [0.2, 0.25) is 0 Å². The van der Waals surface area contributed by atoms with Crippen molar-refractivity contribution < 1.29 is 4.74 Å². The molecule has 2 rings (SSSR count). The van der Waals surface area contributed by atoms with E-state index in [1.165, 1.54) is 6.07 Å². The smallest absolute Gasteiger partial charge is 0.223 e. The van der Waals surface area contributed by atoms with Gasteiger partial charge in [-0.3, -0.25) is 4.98 Å². The second kappa shape index (κ2) is 4.36. The van der Waals surface area contributed by atoms with Crippen LogP contribution in [0.25, 0.3) is 0 Å². The fourth-order valence-corrected chi connectivity index (χ4v) is 1.03. The maximum atomic E-state index is 5.38. The third-order valence-corrected chi connectivity index (χ3v) is 1.69. The molecule has 2 aromatic heterocycles. The zero-order valence-electron chi connectivity index (χ0n) is 7.92. The summed E-state index contributed by atoms with van der Waals surface area (Å²) in [6, 6.07) is 7.14. The number of hydrogen-bond acceptors (Lipinski definition) is 5. The van der Waals surface area contributed by atoms with Gasteiger partial charge in [0.15, 0.2) is 0 Å². The molecule has 2 N–H and O–H groups in total. The van der Waals surface area contributed by atoms with Crippen LogP contribution in [-0.2, 0) is 6.61 Å². The Morgan fingerprint density at radius 2 is 2.33 bits per heavy atom. The Balaban J connectivity index is 1.99. The molecular formula is C10H9N4O. The Hall–Kier alpha value is -2.17. The van der Waals surface area contributed by atoms with Gasteiger partial charge in [0.05, 0.1) is 11.9 Å². The van der Waals surface area contributed by atoms with Crippen molar-refractivity contribution in [1.29, 1.82) is 0 Å². The molecule has 0 bridgehead atoms. The van der Waals surface area contributed by atoms with Crippen molar-refractivity contribution in [1.82, 2.24) is 15.0 Å². The number of nitrogens with two attached hydrogens (primary N) is 1. The van der Waals surface area contributed by atoms with Gasteiger partial charge in [-0.1, -0.05) is 6.07 Å². The van der Waals surface area contributed by atoms with Crippen LogP contribution in [0.4, 0.5) is 5.95 Å². The number of aromatic nitrogens is 3. The van der Waals surface area contributed by atoms with E-state index in [0.29, 0.717) is 12.5 Å². The van der Waals surface area contributed by atoms with Crippen LogP contribution < -0.4 is 10.5 Å². The lowest BCUT2D eigenvalue weighted by Gasteiger charge is -2.03. The van der Waals surface area contributed by atoms with Gasteiger partial charge in [0, 0.05) is 12.3 Å². The Bertz CT molecular complexity index is 432. The third kappa shape index (κ3) is 2.63. The van der Waals surface area contributed by atoms with Gasteiger partial charge in [-0.2, -0.15) is 4.98 Å². The lowest BCUT2D eigenvalue weighted by molar-refractivity contribution is 0.289. The van der Waals surface area contributed by atoms with Gasteiger partial charge < -0.3 is 10.5 Å². The summed E-state index contributed by atoms with van der Waals surface area (Å²) in [5, 5.41) is 0. The van der Waals surface area contributed by atoms with Crippen LogP contribution >= 0.6 is 0 Å². The van der Waals surface area contributed by atoms with Gasteiger partial charge in [-0.15, -0.1) is 0 Å². The van der Waals surface area contributed by atoms with Crippen LogP contribution in [0.15, 0.2) is 30.5 Å². The normalized spacial score (nSPS) is 9.87. The molecule has 0 atom stereocenters. The zero-order valence-corrected chi connectivity index (χ0v) is 7.92. The number of pyridine rings is 1. The van der Waals surface area contributed by atoms with Crippen LogP contribution in [0.3, 0.4) is 0 Å². The van der Waals surface area contributed by atoms with Crippen molar-refractivity contribution >= 4 is 5.95 Å². The third-order valence-electron chi connectivity index (χ3n) is 1.69. The first-order valence-electron chi connectivity index (χ1n) is 4.38. The average molecular weight is 201 g/mol. The van der Waals surface area contributed by atoms with E-state index in [2.05, 4.69) is 21.1 Å². The minimum Gasteiger partial charge on any atom is -0.471 e. The van der Waals surface area contributed by atoms with Crippen molar-refractivity contribution in [2.75, 3.05) is 5.73 Å². The molecule has 0 aliphatic rings.